The topological polar surface area (TPSA) is 35.3 Å². The van der Waals surface area contributed by atoms with E-state index in [1.807, 2.05) is 30.3 Å². The maximum Gasteiger partial charge on any atom is 0.223 e. The summed E-state index contributed by atoms with van der Waals surface area (Å²) >= 11 is 0. The van der Waals surface area contributed by atoms with Gasteiger partial charge in [0.25, 0.3) is 0 Å². The van der Waals surface area contributed by atoms with Crippen molar-refractivity contribution in [1.29, 1.82) is 0 Å². The minimum Gasteiger partial charge on any atom is -0.497 e. The predicted octanol–water partition coefficient (Wildman–Crippen LogP) is 8.22. The molecule has 1 aliphatic rings. The van der Waals surface area contributed by atoms with Crippen molar-refractivity contribution in [3.8, 4) is 28.3 Å². The second-order valence-corrected chi connectivity index (χ2v) is 8.98. The molecule has 34 heavy (non-hydrogen) atoms. The second-order valence-electron chi connectivity index (χ2n) is 8.98. The van der Waals surface area contributed by atoms with Crippen LogP contribution in [-0.4, -0.2) is 12.1 Å². The molecule has 4 aromatic rings. The number of allylic oxidation sites excluding steroid dienone is 2. The van der Waals surface area contributed by atoms with Crippen molar-refractivity contribution in [1.82, 2.24) is 4.98 Å². The van der Waals surface area contributed by atoms with E-state index in [0.717, 1.165) is 53.5 Å². The molecule has 3 heteroatoms. The lowest BCUT2D eigenvalue weighted by atomic mass is 9.84. The number of benzene rings is 3. The van der Waals surface area contributed by atoms with Crippen LogP contribution in [0.25, 0.3) is 28.2 Å². The Balaban J connectivity index is 1.57. The molecule has 0 amide bonds. The molecular formula is C31H31NO2. The maximum atomic E-state index is 6.60. The molecule has 3 aromatic carbocycles. The Labute approximate surface area is 202 Å². The van der Waals surface area contributed by atoms with Crippen molar-refractivity contribution in [2.75, 3.05) is 7.11 Å². The van der Waals surface area contributed by atoms with E-state index in [-0.39, 0.29) is 0 Å². The summed E-state index contributed by atoms with van der Waals surface area (Å²) in [6.07, 6.45) is 9.23. The zero-order valence-corrected chi connectivity index (χ0v) is 19.7. The van der Waals surface area contributed by atoms with Gasteiger partial charge < -0.3 is 9.15 Å². The average Bonchev–Trinajstić information content (AvgIpc) is 3.32. The van der Waals surface area contributed by atoms with Crippen molar-refractivity contribution in [2.45, 2.75) is 38.5 Å². The number of rotatable bonds is 6. The molecule has 1 unspecified atom stereocenters. The predicted molar refractivity (Wildman–Crippen MR) is 139 cm³/mol. The van der Waals surface area contributed by atoms with Gasteiger partial charge in [-0.3, -0.25) is 0 Å². The summed E-state index contributed by atoms with van der Waals surface area (Å²) in [7, 11) is 1.73. The summed E-state index contributed by atoms with van der Waals surface area (Å²) in [5, 5.41) is 0. The highest BCUT2D eigenvalue weighted by atomic mass is 16.5. The summed E-state index contributed by atoms with van der Waals surface area (Å²) in [4.78, 5) is 5.12. The molecule has 0 saturated carbocycles. The molecule has 1 aliphatic carbocycles. The van der Waals surface area contributed by atoms with E-state index >= 15 is 0 Å². The van der Waals surface area contributed by atoms with Gasteiger partial charge in [0.05, 0.1) is 7.11 Å². The molecule has 0 N–H and O–H groups in total. The van der Waals surface area contributed by atoms with Crippen molar-refractivity contribution >= 4 is 5.57 Å². The average molecular weight is 450 g/mol. The highest BCUT2D eigenvalue weighted by molar-refractivity contribution is 5.79. The van der Waals surface area contributed by atoms with Crippen LogP contribution < -0.4 is 4.74 Å². The van der Waals surface area contributed by atoms with E-state index in [2.05, 4.69) is 60.7 Å². The van der Waals surface area contributed by atoms with E-state index in [1.165, 1.54) is 30.4 Å². The lowest BCUT2D eigenvalue weighted by molar-refractivity contribution is 0.413. The Morgan fingerprint density at radius 1 is 0.853 bits per heavy atom. The number of nitrogens with zero attached hydrogens (tertiary/aromatic N) is 1. The number of methoxy groups -OCH3 is 1. The van der Waals surface area contributed by atoms with Crippen molar-refractivity contribution in [3.63, 3.8) is 0 Å². The van der Waals surface area contributed by atoms with Crippen molar-refractivity contribution in [3.05, 3.63) is 102 Å². The maximum absolute atomic E-state index is 6.60. The van der Waals surface area contributed by atoms with Crippen LogP contribution in [0.15, 0.2) is 95.4 Å². The number of oxazole rings is 1. The molecule has 0 saturated heterocycles. The van der Waals surface area contributed by atoms with E-state index in [4.69, 9.17) is 14.1 Å². The van der Waals surface area contributed by atoms with Gasteiger partial charge in [0, 0.05) is 16.7 Å². The van der Waals surface area contributed by atoms with Crippen LogP contribution in [-0.2, 0) is 6.42 Å². The summed E-state index contributed by atoms with van der Waals surface area (Å²) in [6, 6.07) is 29.1. The van der Waals surface area contributed by atoms with E-state index in [1.54, 1.807) is 7.11 Å². The van der Waals surface area contributed by atoms with Crippen LogP contribution in [0.2, 0.25) is 0 Å². The number of hydrogen-bond acceptors (Lipinski definition) is 3. The minimum atomic E-state index is 0.360. The van der Waals surface area contributed by atoms with Crippen LogP contribution >= 0.6 is 0 Å². The van der Waals surface area contributed by atoms with Crippen LogP contribution in [0, 0.1) is 5.92 Å². The molecule has 3 nitrogen and oxygen atoms in total. The Morgan fingerprint density at radius 2 is 1.62 bits per heavy atom. The Kier molecular flexibility index (Phi) is 6.90. The monoisotopic (exact) mass is 449 g/mol. The van der Waals surface area contributed by atoms with Gasteiger partial charge in [-0.05, 0) is 49.3 Å². The van der Waals surface area contributed by atoms with Gasteiger partial charge in [-0.2, -0.15) is 0 Å². The highest BCUT2D eigenvalue weighted by Gasteiger charge is 2.25. The third kappa shape index (κ3) is 4.99. The van der Waals surface area contributed by atoms with Crippen molar-refractivity contribution in [2.24, 2.45) is 5.92 Å². The molecule has 0 fully saturated rings. The number of hydrogen-bond donors (Lipinski definition) is 0. The molecule has 0 spiro atoms. The Hall–Kier alpha value is -3.59. The van der Waals surface area contributed by atoms with Crippen LogP contribution in [0.3, 0.4) is 0 Å². The third-order valence-corrected chi connectivity index (χ3v) is 6.63. The van der Waals surface area contributed by atoms with E-state index in [0.29, 0.717) is 5.92 Å². The van der Waals surface area contributed by atoms with Gasteiger partial charge in [-0.1, -0.05) is 91.7 Å². The molecule has 1 heterocycles. The van der Waals surface area contributed by atoms with Gasteiger partial charge in [0.2, 0.25) is 5.89 Å². The lowest BCUT2D eigenvalue weighted by Gasteiger charge is -2.21. The summed E-state index contributed by atoms with van der Waals surface area (Å²) in [5.74, 6) is 2.86. The Morgan fingerprint density at radius 3 is 2.38 bits per heavy atom. The molecule has 5 rings (SSSR count). The van der Waals surface area contributed by atoms with Crippen LogP contribution in [0.5, 0.6) is 5.75 Å². The van der Waals surface area contributed by atoms with Crippen molar-refractivity contribution < 1.29 is 9.15 Å². The van der Waals surface area contributed by atoms with E-state index in [9.17, 15) is 0 Å². The van der Waals surface area contributed by atoms with Crippen LogP contribution in [0.4, 0.5) is 0 Å². The summed E-state index contributed by atoms with van der Waals surface area (Å²) in [6.45, 7) is 0. The summed E-state index contributed by atoms with van der Waals surface area (Å²) < 4.78 is 12.1. The molecular weight excluding hydrogens is 418 g/mol. The van der Waals surface area contributed by atoms with E-state index < -0.39 is 0 Å². The largest absolute Gasteiger partial charge is 0.497 e. The van der Waals surface area contributed by atoms with Crippen LogP contribution in [0.1, 0.15) is 43.6 Å². The van der Waals surface area contributed by atoms with Gasteiger partial charge in [0.15, 0.2) is 5.76 Å². The lowest BCUT2D eigenvalue weighted by Crippen LogP contribution is -2.10. The number of ether oxygens (including phenoxy) is 1. The molecule has 1 atom stereocenters. The van der Waals surface area contributed by atoms with Gasteiger partial charge in [-0.25, -0.2) is 4.98 Å². The second kappa shape index (κ2) is 10.6. The highest BCUT2D eigenvalue weighted by Crippen LogP contribution is 2.39. The van der Waals surface area contributed by atoms with Gasteiger partial charge in [-0.15, -0.1) is 0 Å². The molecule has 0 aliphatic heterocycles. The number of aromatic nitrogens is 1. The first-order valence-corrected chi connectivity index (χ1v) is 12.3. The quantitative estimate of drug-likeness (QED) is 0.297. The molecule has 172 valence electrons. The molecule has 0 radical (unpaired) electrons. The summed E-state index contributed by atoms with van der Waals surface area (Å²) in [5.41, 5.74) is 5.56. The zero-order chi connectivity index (χ0) is 23.2. The smallest absolute Gasteiger partial charge is 0.223 e. The first-order valence-electron chi connectivity index (χ1n) is 12.3. The standard InChI is InChI=1S/C31H31NO2/c1-33-27-19-12-13-23(22-27)21-26-18-6-2-3-11-20-28(26)31-32-29(24-14-7-4-8-15-24)30(34-31)25-16-9-5-10-17-25/h4-5,7-10,12-17,19-20,22,26H,2-3,6,11,18,21H2,1H3/b28-20+. The fraction of sp³-hybridized carbons (Fsp3) is 0.258. The SMILES string of the molecule is COc1cccc(CC2CCCCC/C=C\2c2nc(-c3ccccc3)c(-c3ccccc3)o2)c1. The fourth-order valence-corrected chi connectivity index (χ4v) is 4.87. The zero-order valence-electron chi connectivity index (χ0n) is 19.7. The van der Waals surface area contributed by atoms with Gasteiger partial charge >= 0.3 is 0 Å². The molecule has 0 bridgehead atoms. The fourth-order valence-electron chi connectivity index (χ4n) is 4.87. The Bertz CT molecular complexity index is 1180. The third-order valence-electron chi connectivity index (χ3n) is 6.63. The molecule has 1 aromatic heterocycles. The first-order chi connectivity index (χ1) is 16.8. The first kappa shape index (κ1) is 22.2. The minimum absolute atomic E-state index is 0.360. The normalized spacial score (nSPS) is 17.9. The van der Waals surface area contributed by atoms with Gasteiger partial charge in [0.1, 0.15) is 11.4 Å².